The second kappa shape index (κ2) is 7.78. The molecular weight excluding hydrogens is 331 g/mol. The molecule has 8 heteroatoms. The van der Waals surface area contributed by atoms with Gasteiger partial charge in [-0.05, 0) is 30.5 Å². The number of carbonyl (C=O) groups is 1. The third kappa shape index (κ3) is 4.56. The first-order valence-electron chi connectivity index (χ1n) is 7.85. The number of hydrogen-bond acceptors (Lipinski definition) is 6. The van der Waals surface area contributed by atoms with Crippen molar-refractivity contribution in [1.82, 2.24) is 20.4 Å². The third-order valence-electron chi connectivity index (χ3n) is 3.82. The summed E-state index contributed by atoms with van der Waals surface area (Å²) < 4.78 is 12.8. The van der Waals surface area contributed by atoms with E-state index in [1.165, 1.54) is 23.5 Å². The van der Waals surface area contributed by atoms with Gasteiger partial charge in [-0.1, -0.05) is 23.5 Å². The summed E-state index contributed by atoms with van der Waals surface area (Å²) in [6.45, 7) is 1.64. The zero-order valence-electron chi connectivity index (χ0n) is 13.1. The topological polar surface area (TPSA) is 78.4 Å². The molecule has 0 unspecified atom stereocenters. The molecule has 1 aromatic heterocycles. The van der Waals surface area contributed by atoms with Crippen molar-refractivity contribution in [3.63, 3.8) is 0 Å². The Hall–Kier alpha value is -1.90. The van der Waals surface area contributed by atoms with Crippen LogP contribution in [0.2, 0.25) is 0 Å². The molecule has 0 atom stereocenters. The highest BCUT2D eigenvalue weighted by Gasteiger charge is 2.29. The van der Waals surface area contributed by atoms with Crippen molar-refractivity contribution in [3.8, 4) is 0 Å². The van der Waals surface area contributed by atoms with E-state index in [2.05, 4.69) is 20.4 Å². The number of aliphatic hydroxyl groups excluding tert-OH is 1. The van der Waals surface area contributed by atoms with Crippen LogP contribution in [0.15, 0.2) is 24.3 Å². The van der Waals surface area contributed by atoms with Gasteiger partial charge in [0.15, 0.2) is 0 Å². The number of aliphatic hydroxyl groups is 1. The number of amides is 1. The van der Waals surface area contributed by atoms with E-state index >= 15 is 0 Å². The molecule has 1 aliphatic rings. The molecule has 3 rings (SSSR count). The molecule has 0 saturated heterocycles. The van der Waals surface area contributed by atoms with Gasteiger partial charge in [-0.3, -0.25) is 9.69 Å². The Kier molecular flexibility index (Phi) is 5.49. The maximum atomic E-state index is 12.8. The third-order valence-corrected chi connectivity index (χ3v) is 4.72. The quantitative estimate of drug-likeness (QED) is 0.755. The molecule has 2 aromatic rings. The van der Waals surface area contributed by atoms with E-state index in [0.717, 1.165) is 23.4 Å². The molecule has 2 N–H and O–H groups in total. The van der Waals surface area contributed by atoms with E-state index in [4.69, 9.17) is 5.11 Å². The molecule has 1 aromatic carbocycles. The van der Waals surface area contributed by atoms with Gasteiger partial charge in [0.1, 0.15) is 10.8 Å². The summed E-state index contributed by atoms with van der Waals surface area (Å²) in [7, 11) is 0. The van der Waals surface area contributed by atoms with Crippen LogP contribution in [0.5, 0.6) is 0 Å². The number of aromatic nitrogens is 2. The molecule has 0 bridgehead atoms. The van der Waals surface area contributed by atoms with Gasteiger partial charge >= 0.3 is 0 Å². The van der Waals surface area contributed by atoms with Crippen LogP contribution in [0.25, 0.3) is 0 Å². The largest absolute Gasteiger partial charge is 0.395 e. The summed E-state index contributed by atoms with van der Waals surface area (Å²) in [5.41, 5.74) is 0.817. The van der Waals surface area contributed by atoms with Gasteiger partial charge in [0.05, 0.1) is 13.2 Å². The number of rotatable bonds is 8. The van der Waals surface area contributed by atoms with E-state index < -0.39 is 0 Å². The number of nitrogens with one attached hydrogen (secondary N) is 1. The van der Waals surface area contributed by atoms with Crippen LogP contribution in [-0.4, -0.2) is 45.3 Å². The Morgan fingerprint density at radius 3 is 2.75 bits per heavy atom. The highest BCUT2D eigenvalue weighted by atomic mass is 32.1. The molecule has 0 radical (unpaired) electrons. The average molecular weight is 350 g/mol. The van der Waals surface area contributed by atoms with Crippen LogP contribution in [0, 0.1) is 5.82 Å². The Labute approximate surface area is 143 Å². The fourth-order valence-electron chi connectivity index (χ4n) is 2.40. The lowest BCUT2D eigenvalue weighted by atomic mass is 10.2. The van der Waals surface area contributed by atoms with Crippen molar-refractivity contribution in [2.24, 2.45) is 0 Å². The molecular formula is C16H19FN4O2S. The Morgan fingerprint density at radius 2 is 2.08 bits per heavy atom. The number of benzene rings is 1. The van der Waals surface area contributed by atoms with E-state index in [-0.39, 0.29) is 18.3 Å². The molecule has 1 saturated carbocycles. The van der Waals surface area contributed by atoms with Crippen molar-refractivity contribution in [2.75, 3.05) is 13.2 Å². The Balaban J connectivity index is 1.54. The minimum absolute atomic E-state index is 0.111. The predicted molar refractivity (Wildman–Crippen MR) is 88.0 cm³/mol. The predicted octanol–water partition coefficient (Wildman–Crippen LogP) is 1.56. The van der Waals surface area contributed by atoms with Gasteiger partial charge in [-0.25, -0.2) is 4.39 Å². The summed E-state index contributed by atoms with van der Waals surface area (Å²) in [6.07, 6.45) is 2.29. The zero-order valence-corrected chi connectivity index (χ0v) is 13.9. The normalized spacial score (nSPS) is 14.1. The van der Waals surface area contributed by atoms with E-state index in [0.29, 0.717) is 30.7 Å². The van der Waals surface area contributed by atoms with Crippen LogP contribution in [0.4, 0.5) is 4.39 Å². The first-order chi connectivity index (χ1) is 11.7. The van der Waals surface area contributed by atoms with Gasteiger partial charge in [0.2, 0.25) is 5.01 Å². The van der Waals surface area contributed by atoms with Crippen LogP contribution in [0.3, 0.4) is 0 Å². The second-order valence-corrected chi connectivity index (χ2v) is 6.80. The fourth-order valence-corrected chi connectivity index (χ4v) is 3.18. The summed E-state index contributed by atoms with van der Waals surface area (Å²) in [4.78, 5) is 14.3. The lowest BCUT2D eigenvalue weighted by Crippen LogP contribution is -2.28. The molecule has 1 aliphatic carbocycles. The molecule has 1 fully saturated rings. The van der Waals surface area contributed by atoms with Crippen LogP contribution >= 0.6 is 11.3 Å². The standard InChI is InChI=1S/C16H19FN4O2S/c17-12-3-1-11(2-4-12)9-18-15(23)16-20-19-14(24-16)10-21(7-8-22)13-5-6-13/h1-4,13,22H,5-10H2,(H,18,23). The van der Waals surface area contributed by atoms with Gasteiger partial charge in [-0.2, -0.15) is 0 Å². The van der Waals surface area contributed by atoms with Gasteiger partial charge < -0.3 is 10.4 Å². The first kappa shape index (κ1) is 16.9. The molecule has 0 spiro atoms. The summed E-state index contributed by atoms with van der Waals surface area (Å²) >= 11 is 1.26. The molecule has 128 valence electrons. The zero-order chi connectivity index (χ0) is 16.9. The molecule has 0 aliphatic heterocycles. The lowest BCUT2D eigenvalue weighted by molar-refractivity contribution is 0.0950. The van der Waals surface area contributed by atoms with Crippen LogP contribution < -0.4 is 5.32 Å². The van der Waals surface area contributed by atoms with Crippen LogP contribution in [-0.2, 0) is 13.1 Å². The summed E-state index contributed by atoms with van der Waals surface area (Å²) in [5.74, 6) is -0.592. The maximum absolute atomic E-state index is 12.8. The molecule has 1 amide bonds. The fraction of sp³-hybridized carbons (Fsp3) is 0.438. The van der Waals surface area contributed by atoms with Gasteiger partial charge in [0, 0.05) is 19.1 Å². The molecule has 1 heterocycles. The van der Waals surface area contributed by atoms with Crippen molar-refractivity contribution >= 4 is 17.2 Å². The minimum atomic E-state index is -0.304. The Morgan fingerprint density at radius 1 is 1.33 bits per heavy atom. The number of carbonyl (C=O) groups excluding carboxylic acids is 1. The SMILES string of the molecule is O=C(NCc1ccc(F)cc1)c1nnc(CN(CCO)C2CC2)s1. The smallest absolute Gasteiger partial charge is 0.282 e. The van der Waals surface area contributed by atoms with E-state index in [1.54, 1.807) is 12.1 Å². The van der Waals surface area contributed by atoms with E-state index in [9.17, 15) is 9.18 Å². The summed E-state index contributed by atoms with van der Waals surface area (Å²) in [6, 6.07) is 6.49. The molecule has 24 heavy (non-hydrogen) atoms. The maximum Gasteiger partial charge on any atom is 0.282 e. The van der Waals surface area contributed by atoms with E-state index in [1.807, 2.05) is 0 Å². The Bertz CT molecular complexity index is 688. The number of halogens is 1. The van der Waals surface area contributed by atoms with Gasteiger partial charge in [0.25, 0.3) is 5.91 Å². The minimum Gasteiger partial charge on any atom is -0.395 e. The number of nitrogens with zero attached hydrogens (tertiary/aromatic N) is 3. The van der Waals surface area contributed by atoms with Crippen molar-refractivity contribution in [3.05, 3.63) is 45.7 Å². The summed E-state index contributed by atoms with van der Waals surface area (Å²) in [5, 5.41) is 21.0. The van der Waals surface area contributed by atoms with Crippen molar-refractivity contribution in [1.29, 1.82) is 0 Å². The van der Waals surface area contributed by atoms with Crippen molar-refractivity contribution < 1.29 is 14.3 Å². The molecule has 6 nitrogen and oxygen atoms in total. The first-order valence-corrected chi connectivity index (χ1v) is 8.67. The second-order valence-electron chi connectivity index (χ2n) is 5.74. The lowest BCUT2D eigenvalue weighted by Gasteiger charge is -2.18. The highest BCUT2D eigenvalue weighted by Crippen LogP contribution is 2.28. The monoisotopic (exact) mass is 350 g/mol. The number of hydrogen-bond donors (Lipinski definition) is 2. The van der Waals surface area contributed by atoms with Crippen LogP contribution in [0.1, 0.15) is 33.2 Å². The average Bonchev–Trinajstić information content (AvgIpc) is 3.33. The highest BCUT2D eigenvalue weighted by molar-refractivity contribution is 7.13. The van der Waals surface area contributed by atoms with Crippen molar-refractivity contribution in [2.45, 2.75) is 32.0 Å². The van der Waals surface area contributed by atoms with Gasteiger partial charge in [-0.15, -0.1) is 10.2 Å².